The number of hydrogen-bond acceptors (Lipinski definition) is 3. The molecule has 3 heteroatoms. The average Bonchev–Trinajstić information content (AvgIpc) is 2.29. The molecule has 0 spiro atoms. The largest absolute Gasteiger partial charge is 0.496 e. The molecular formula is C13H12O3. The molecule has 1 aromatic carbocycles. The molecule has 0 saturated heterocycles. The van der Waals surface area contributed by atoms with Gasteiger partial charge >= 0.3 is 5.63 Å². The minimum atomic E-state index is -0.345. The van der Waals surface area contributed by atoms with Crippen LogP contribution in [0, 0.1) is 0 Å². The standard InChI is InChI=1S/C13H12O3/c1-3-4-9-10-5-8-13(14)16-12(10)7-6-11(9)15-2/h3,5-8H,1,4H2,2H3. The van der Waals surface area contributed by atoms with Crippen LogP contribution in [0.5, 0.6) is 5.75 Å². The number of ether oxygens (including phenoxy) is 1. The molecule has 1 heterocycles. The highest BCUT2D eigenvalue weighted by Crippen LogP contribution is 2.27. The Balaban J connectivity index is 2.78. The van der Waals surface area contributed by atoms with E-state index in [-0.39, 0.29) is 5.63 Å². The van der Waals surface area contributed by atoms with Gasteiger partial charge in [-0.1, -0.05) is 6.08 Å². The van der Waals surface area contributed by atoms with E-state index in [0.717, 1.165) is 16.7 Å². The van der Waals surface area contributed by atoms with Crippen molar-refractivity contribution in [3.8, 4) is 5.75 Å². The second-order valence-corrected chi connectivity index (χ2v) is 3.41. The predicted molar refractivity (Wildman–Crippen MR) is 62.9 cm³/mol. The Labute approximate surface area is 93.0 Å². The summed E-state index contributed by atoms with van der Waals surface area (Å²) in [4.78, 5) is 11.1. The highest BCUT2D eigenvalue weighted by molar-refractivity contribution is 5.83. The van der Waals surface area contributed by atoms with Crippen LogP contribution in [0.25, 0.3) is 11.0 Å². The molecular weight excluding hydrogens is 204 g/mol. The van der Waals surface area contributed by atoms with Crippen LogP contribution < -0.4 is 10.4 Å². The molecule has 0 aliphatic rings. The van der Waals surface area contributed by atoms with Crippen molar-refractivity contribution in [1.29, 1.82) is 0 Å². The van der Waals surface area contributed by atoms with Crippen LogP contribution in [0.1, 0.15) is 5.56 Å². The van der Waals surface area contributed by atoms with Crippen LogP contribution in [-0.4, -0.2) is 7.11 Å². The molecule has 0 saturated carbocycles. The quantitative estimate of drug-likeness (QED) is 0.584. The Morgan fingerprint density at radius 1 is 1.38 bits per heavy atom. The Morgan fingerprint density at radius 2 is 2.19 bits per heavy atom. The van der Waals surface area contributed by atoms with Crippen molar-refractivity contribution >= 4 is 11.0 Å². The normalized spacial score (nSPS) is 10.3. The van der Waals surface area contributed by atoms with E-state index in [1.165, 1.54) is 6.07 Å². The van der Waals surface area contributed by atoms with Gasteiger partial charge in [0.05, 0.1) is 7.11 Å². The zero-order valence-corrected chi connectivity index (χ0v) is 9.03. The van der Waals surface area contributed by atoms with Gasteiger partial charge in [-0.15, -0.1) is 6.58 Å². The molecule has 0 bridgehead atoms. The molecule has 0 aliphatic carbocycles. The van der Waals surface area contributed by atoms with Gasteiger partial charge < -0.3 is 9.15 Å². The molecule has 0 amide bonds. The van der Waals surface area contributed by atoms with Crippen LogP contribution in [0.2, 0.25) is 0 Å². The fourth-order valence-corrected chi connectivity index (χ4v) is 1.73. The van der Waals surface area contributed by atoms with Crippen molar-refractivity contribution in [2.45, 2.75) is 6.42 Å². The Kier molecular flexibility index (Phi) is 2.77. The fraction of sp³-hybridized carbons (Fsp3) is 0.154. The number of rotatable bonds is 3. The fourth-order valence-electron chi connectivity index (χ4n) is 1.73. The summed E-state index contributed by atoms with van der Waals surface area (Å²) in [7, 11) is 1.62. The number of benzene rings is 1. The lowest BCUT2D eigenvalue weighted by Crippen LogP contribution is -1.98. The van der Waals surface area contributed by atoms with Gasteiger partial charge in [0.1, 0.15) is 11.3 Å². The lowest BCUT2D eigenvalue weighted by Gasteiger charge is -2.09. The number of allylic oxidation sites excluding steroid dienone is 1. The summed E-state index contributed by atoms with van der Waals surface area (Å²) in [5.41, 5.74) is 1.21. The third-order valence-electron chi connectivity index (χ3n) is 2.44. The minimum Gasteiger partial charge on any atom is -0.496 e. The van der Waals surface area contributed by atoms with Crippen molar-refractivity contribution in [1.82, 2.24) is 0 Å². The van der Waals surface area contributed by atoms with Crippen LogP contribution in [0.15, 0.2) is 46.1 Å². The first-order chi connectivity index (χ1) is 7.76. The predicted octanol–water partition coefficient (Wildman–Crippen LogP) is 2.53. The lowest BCUT2D eigenvalue weighted by molar-refractivity contribution is 0.411. The van der Waals surface area contributed by atoms with Gasteiger partial charge in [0, 0.05) is 17.0 Å². The molecule has 1 aromatic heterocycles. The van der Waals surface area contributed by atoms with Gasteiger partial charge in [0.15, 0.2) is 0 Å². The van der Waals surface area contributed by atoms with Gasteiger partial charge in [-0.05, 0) is 24.6 Å². The maximum atomic E-state index is 11.1. The summed E-state index contributed by atoms with van der Waals surface area (Å²) in [6, 6.07) is 6.70. The number of fused-ring (bicyclic) bond motifs is 1. The lowest BCUT2D eigenvalue weighted by atomic mass is 10.1. The van der Waals surface area contributed by atoms with E-state index in [2.05, 4.69) is 6.58 Å². The monoisotopic (exact) mass is 216 g/mol. The Bertz CT molecular complexity index is 581. The van der Waals surface area contributed by atoms with Gasteiger partial charge in [-0.25, -0.2) is 4.79 Å². The van der Waals surface area contributed by atoms with Crippen molar-refractivity contribution in [2.75, 3.05) is 7.11 Å². The van der Waals surface area contributed by atoms with Gasteiger partial charge in [0.25, 0.3) is 0 Å². The highest BCUT2D eigenvalue weighted by atomic mass is 16.5. The summed E-state index contributed by atoms with van der Waals surface area (Å²) in [5, 5.41) is 0.888. The van der Waals surface area contributed by atoms with E-state index in [1.807, 2.05) is 0 Å². The van der Waals surface area contributed by atoms with Crippen molar-refractivity contribution in [2.24, 2.45) is 0 Å². The number of hydrogen-bond donors (Lipinski definition) is 0. The van der Waals surface area contributed by atoms with Crippen LogP contribution in [0.3, 0.4) is 0 Å². The average molecular weight is 216 g/mol. The number of methoxy groups -OCH3 is 1. The maximum Gasteiger partial charge on any atom is 0.336 e. The SMILES string of the molecule is C=CCc1c(OC)ccc2oc(=O)ccc12. The van der Waals surface area contributed by atoms with Crippen LogP contribution in [0.4, 0.5) is 0 Å². The van der Waals surface area contributed by atoms with E-state index in [1.54, 1.807) is 31.4 Å². The summed E-state index contributed by atoms with van der Waals surface area (Å²) in [6.45, 7) is 3.71. The van der Waals surface area contributed by atoms with Crippen LogP contribution >= 0.6 is 0 Å². The first kappa shape index (κ1) is 10.5. The van der Waals surface area contributed by atoms with Gasteiger partial charge in [-0.3, -0.25) is 0 Å². The van der Waals surface area contributed by atoms with E-state index in [9.17, 15) is 4.79 Å². The smallest absolute Gasteiger partial charge is 0.336 e. The molecule has 3 nitrogen and oxygen atoms in total. The summed E-state index contributed by atoms with van der Waals surface area (Å²) >= 11 is 0. The van der Waals surface area contributed by atoms with E-state index in [4.69, 9.17) is 9.15 Å². The second kappa shape index (κ2) is 4.23. The second-order valence-electron chi connectivity index (χ2n) is 3.41. The molecule has 0 radical (unpaired) electrons. The minimum absolute atomic E-state index is 0.345. The third kappa shape index (κ3) is 1.72. The van der Waals surface area contributed by atoms with Crippen molar-refractivity contribution in [3.05, 3.63) is 52.9 Å². The first-order valence-corrected chi connectivity index (χ1v) is 4.97. The van der Waals surface area contributed by atoms with Gasteiger partial charge in [-0.2, -0.15) is 0 Å². The van der Waals surface area contributed by atoms with Crippen molar-refractivity contribution in [3.63, 3.8) is 0 Å². The summed E-state index contributed by atoms with van der Waals surface area (Å²) in [5.74, 6) is 0.779. The molecule has 0 fully saturated rings. The Morgan fingerprint density at radius 3 is 2.88 bits per heavy atom. The molecule has 0 atom stereocenters. The maximum absolute atomic E-state index is 11.1. The molecule has 2 rings (SSSR count). The van der Waals surface area contributed by atoms with E-state index in [0.29, 0.717) is 12.0 Å². The first-order valence-electron chi connectivity index (χ1n) is 4.97. The van der Waals surface area contributed by atoms with E-state index < -0.39 is 0 Å². The molecule has 2 aromatic rings. The summed E-state index contributed by atoms with van der Waals surface area (Å²) < 4.78 is 10.4. The summed E-state index contributed by atoms with van der Waals surface area (Å²) in [6.07, 6.45) is 2.47. The Hall–Kier alpha value is -2.03. The molecule has 16 heavy (non-hydrogen) atoms. The molecule has 0 N–H and O–H groups in total. The zero-order chi connectivity index (χ0) is 11.5. The molecule has 82 valence electrons. The highest BCUT2D eigenvalue weighted by Gasteiger charge is 2.08. The van der Waals surface area contributed by atoms with Crippen molar-refractivity contribution < 1.29 is 9.15 Å². The molecule has 0 unspecified atom stereocenters. The van der Waals surface area contributed by atoms with Gasteiger partial charge in [0.2, 0.25) is 0 Å². The molecule has 0 aliphatic heterocycles. The zero-order valence-electron chi connectivity index (χ0n) is 9.03. The van der Waals surface area contributed by atoms with E-state index >= 15 is 0 Å². The topological polar surface area (TPSA) is 39.4 Å². The van der Waals surface area contributed by atoms with Crippen LogP contribution in [-0.2, 0) is 6.42 Å². The third-order valence-corrected chi connectivity index (χ3v) is 2.44.